The SMILES string of the molecule is COc1ccc(C2(c3cccc(-c4cccc(C#N)c4)c3)COC(N)N2)cc1C. The van der Waals surface area contributed by atoms with Crippen LogP contribution < -0.4 is 15.8 Å². The van der Waals surface area contributed by atoms with Crippen molar-refractivity contribution in [1.82, 2.24) is 5.32 Å². The molecule has 3 N–H and O–H groups in total. The standard InChI is InChI=1S/C24H23N3O2/c1-16-11-21(9-10-22(16)28-2)24(15-29-23(26)27-24)20-8-4-7-19(13-20)18-6-3-5-17(12-18)14-25/h3-13,23,27H,15,26H2,1-2H3. The summed E-state index contributed by atoms with van der Waals surface area (Å²) >= 11 is 0. The quantitative estimate of drug-likeness (QED) is 0.717. The second kappa shape index (κ2) is 7.69. The molecule has 2 unspecified atom stereocenters. The molecule has 3 aromatic rings. The van der Waals surface area contributed by atoms with Crippen molar-refractivity contribution < 1.29 is 9.47 Å². The van der Waals surface area contributed by atoms with Crippen molar-refractivity contribution in [3.63, 3.8) is 0 Å². The molecule has 0 saturated carbocycles. The number of benzene rings is 3. The van der Waals surface area contributed by atoms with E-state index >= 15 is 0 Å². The molecular formula is C24H23N3O2. The first-order valence-corrected chi connectivity index (χ1v) is 9.47. The number of nitrogens with zero attached hydrogens (tertiary/aromatic N) is 1. The number of hydrogen-bond acceptors (Lipinski definition) is 5. The fourth-order valence-electron chi connectivity index (χ4n) is 3.92. The molecule has 0 spiro atoms. The number of methoxy groups -OCH3 is 1. The van der Waals surface area contributed by atoms with Crippen molar-refractivity contribution >= 4 is 0 Å². The average Bonchev–Trinajstić information content (AvgIpc) is 3.17. The molecule has 4 rings (SSSR count). The number of nitrogens with two attached hydrogens (primary N) is 1. The Hall–Kier alpha value is -3.17. The van der Waals surface area contributed by atoms with Crippen LogP contribution in [0.1, 0.15) is 22.3 Å². The monoisotopic (exact) mass is 385 g/mol. The maximum absolute atomic E-state index is 9.22. The van der Waals surface area contributed by atoms with Crippen molar-refractivity contribution in [2.24, 2.45) is 5.73 Å². The van der Waals surface area contributed by atoms with E-state index in [1.807, 2.05) is 49.4 Å². The van der Waals surface area contributed by atoms with Crippen LogP contribution in [-0.2, 0) is 10.3 Å². The second-order valence-corrected chi connectivity index (χ2v) is 7.24. The molecular weight excluding hydrogens is 362 g/mol. The van der Waals surface area contributed by atoms with Crippen molar-refractivity contribution in [3.8, 4) is 22.9 Å². The van der Waals surface area contributed by atoms with Crippen molar-refractivity contribution in [3.05, 3.63) is 89.0 Å². The summed E-state index contributed by atoms with van der Waals surface area (Å²) in [4.78, 5) is 0. The van der Waals surface area contributed by atoms with Crippen LogP contribution in [0.2, 0.25) is 0 Å². The number of hydrogen-bond donors (Lipinski definition) is 2. The van der Waals surface area contributed by atoms with E-state index in [9.17, 15) is 5.26 Å². The van der Waals surface area contributed by atoms with Crippen LogP contribution in [0.5, 0.6) is 5.75 Å². The molecule has 0 bridgehead atoms. The second-order valence-electron chi connectivity index (χ2n) is 7.24. The van der Waals surface area contributed by atoms with E-state index in [2.05, 4.69) is 29.6 Å². The van der Waals surface area contributed by atoms with Gasteiger partial charge in [-0.3, -0.25) is 11.1 Å². The number of nitrogens with one attached hydrogen (secondary N) is 1. The summed E-state index contributed by atoms with van der Waals surface area (Å²) in [7, 11) is 1.67. The van der Waals surface area contributed by atoms with E-state index in [-0.39, 0.29) is 0 Å². The van der Waals surface area contributed by atoms with Gasteiger partial charge in [0, 0.05) is 0 Å². The highest BCUT2D eigenvalue weighted by atomic mass is 16.5. The van der Waals surface area contributed by atoms with Gasteiger partial charge in [-0.05, 0) is 59.0 Å². The van der Waals surface area contributed by atoms with Crippen LogP contribution in [0.15, 0.2) is 66.7 Å². The third-order valence-corrected chi connectivity index (χ3v) is 5.44. The summed E-state index contributed by atoms with van der Waals surface area (Å²) in [5, 5.41) is 12.7. The molecule has 0 amide bonds. The number of aryl methyl sites for hydroxylation is 1. The molecule has 1 aliphatic heterocycles. The smallest absolute Gasteiger partial charge is 0.162 e. The number of nitriles is 1. The van der Waals surface area contributed by atoms with Gasteiger partial charge < -0.3 is 9.47 Å². The zero-order valence-corrected chi connectivity index (χ0v) is 16.5. The minimum absolute atomic E-state index is 0.418. The van der Waals surface area contributed by atoms with Crippen molar-refractivity contribution in [2.45, 2.75) is 18.8 Å². The van der Waals surface area contributed by atoms with Gasteiger partial charge in [-0.15, -0.1) is 0 Å². The lowest BCUT2D eigenvalue weighted by molar-refractivity contribution is 0.104. The topological polar surface area (TPSA) is 80.3 Å². The van der Waals surface area contributed by atoms with Crippen LogP contribution >= 0.6 is 0 Å². The van der Waals surface area contributed by atoms with Gasteiger partial charge in [0.15, 0.2) is 6.35 Å². The Morgan fingerprint density at radius 2 is 1.79 bits per heavy atom. The predicted octanol–water partition coefficient (Wildman–Crippen LogP) is 3.65. The Morgan fingerprint density at radius 1 is 1.07 bits per heavy atom. The summed E-state index contributed by atoms with van der Waals surface area (Å²) in [5.41, 5.74) is 11.3. The molecule has 146 valence electrons. The molecule has 1 fully saturated rings. The lowest BCUT2D eigenvalue weighted by Crippen LogP contribution is -2.46. The van der Waals surface area contributed by atoms with E-state index < -0.39 is 11.9 Å². The van der Waals surface area contributed by atoms with E-state index in [0.717, 1.165) is 33.6 Å². The molecule has 2 atom stereocenters. The minimum atomic E-state index is -0.570. The highest BCUT2D eigenvalue weighted by Gasteiger charge is 2.42. The van der Waals surface area contributed by atoms with Crippen molar-refractivity contribution in [2.75, 3.05) is 13.7 Å². The van der Waals surface area contributed by atoms with E-state index in [0.29, 0.717) is 12.2 Å². The maximum atomic E-state index is 9.22. The third-order valence-electron chi connectivity index (χ3n) is 5.44. The van der Waals surface area contributed by atoms with Crippen molar-refractivity contribution in [1.29, 1.82) is 5.26 Å². The summed E-state index contributed by atoms with van der Waals surface area (Å²) in [6, 6.07) is 24.2. The highest BCUT2D eigenvalue weighted by molar-refractivity contribution is 5.67. The molecule has 1 heterocycles. The van der Waals surface area contributed by atoms with Gasteiger partial charge >= 0.3 is 0 Å². The Balaban J connectivity index is 1.83. The fourth-order valence-corrected chi connectivity index (χ4v) is 3.92. The highest BCUT2D eigenvalue weighted by Crippen LogP contribution is 2.37. The van der Waals surface area contributed by atoms with Crippen LogP contribution in [-0.4, -0.2) is 20.1 Å². The molecule has 0 aliphatic carbocycles. The Bertz CT molecular complexity index is 1090. The van der Waals surface area contributed by atoms with E-state index in [1.54, 1.807) is 13.2 Å². The zero-order valence-electron chi connectivity index (χ0n) is 16.5. The fraction of sp³-hybridized carbons (Fsp3) is 0.208. The lowest BCUT2D eigenvalue weighted by atomic mass is 9.82. The lowest BCUT2D eigenvalue weighted by Gasteiger charge is -2.30. The van der Waals surface area contributed by atoms with Crippen LogP contribution in [0.4, 0.5) is 0 Å². The normalized spacial score (nSPS) is 21.0. The third kappa shape index (κ3) is 3.50. The molecule has 0 radical (unpaired) electrons. The Kier molecular flexibility index (Phi) is 5.08. The molecule has 0 aromatic heterocycles. The molecule has 1 aliphatic rings. The first kappa shape index (κ1) is 19.2. The van der Waals surface area contributed by atoms with Gasteiger partial charge in [-0.1, -0.05) is 42.5 Å². The Morgan fingerprint density at radius 3 is 2.45 bits per heavy atom. The van der Waals surface area contributed by atoms with Gasteiger partial charge in [0.2, 0.25) is 0 Å². The van der Waals surface area contributed by atoms with E-state index in [4.69, 9.17) is 15.2 Å². The van der Waals surface area contributed by atoms with Crippen LogP contribution in [0, 0.1) is 18.3 Å². The molecule has 5 heteroatoms. The van der Waals surface area contributed by atoms with E-state index in [1.165, 1.54) is 0 Å². The minimum Gasteiger partial charge on any atom is -0.496 e. The van der Waals surface area contributed by atoms with Crippen LogP contribution in [0.3, 0.4) is 0 Å². The first-order chi connectivity index (χ1) is 14.1. The van der Waals surface area contributed by atoms with Gasteiger partial charge in [0.05, 0.1) is 30.9 Å². The summed E-state index contributed by atoms with van der Waals surface area (Å²) in [6.45, 7) is 2.44. The molecule has 1 saturated heterocycles. The van der Waals surface area contributed by atoms with Gasteiger partial charge in [0.1, 0.15) is 5.75 Å². The zero-order chi connectivity index (χ0) is 20.4. The van der Waals surface area contributed by atoms with Gasteiger partial charge in [-0.2, -0.15) is 5.26 Å². The van der Waals surface area contributed by atoms with Gasteiger partial charge in [0.25, 0.3) is 0 Å². The summed E-state index contributed by atoms with van der Waals surface area (Å²) < 4.78 is 11.2. The molecule has 29 heavy (non-hydrogen) atoms. The maximum Gasteiger partial charge on any atom is 0.162 e. The number of rotatable bonds is 4. The van der Waals surface area contributed by atoms with Gasteiger partial charge in [-0.25, -0.2) is 0 Å². The molecule has 3 aromatic carbocycles. The predicted molar refractivity (Wildman–Crippen MR) is 112 cm³/mol. The first-order valence-electron chi connectivity index (χ1n) is 9.47. The van der Waals surface area contributed by atoms with Crippen LogP contribution in [0.25, 0.3) is 11.1 Å². The average molecular weight is 385 g/mol. The largest absolute Gasteiger partial charge is 0.496 e. The Labute approximate surface area is 170 Å². The summed E-state index contributed by atoms with van der Waals surface area (Å²) in [6.07, 6.45) is -0.553. The number of ether oxygens (including phenoxy) is 2. The summed E-state index contributed by atoms with van der Waals surface area (Å²) in [5.74, 6) is 0.842. The molecule has 5 nitrogen and oxygen atoms in total.